The van der Waals surface area contributed by atoms with Gasteiger partial charge in [0.05, 0.1) is 5.69 Å². The summed E-state index contributed by atoms with van der Waals surface area (Å²) < 4.78 is 0. The minimum atomic E-state index is -0.409. The molecule has 0 spiro atoms. The van der Waals surface area contributed by atoms with Crippen molar-refractivity contribution in [2.24, 2.45) is 0 Å². The van der Waals surface area contributed by atoms with E-state index in [4.69, 9.17) is 11.6 Å². The Kier molecular flexibility index (Phi) is 6.44. The van der Waals surface area contributed by atoms with Gasteiger partial charge in [0.15, 0.2) is 0 Å². The molecule has 0 aliphatic carbocycles. The van der Waals surface area contributed by atoms with E-state index in [0.717, 1.165) is 29.9 Å². The Morgan fingerprint density at radius 2 is 1.65 bits per heavy atom. The number of aromatic hydroxyl groups is 1. The van der Waals surface area contributed by atoms with Gasteiger partial charge >= 0.3 is 0 Å². The lowest BCUT2D eigenvalue weighted by Gasteiger charge is -2.39. The summed E-state index contributed by atoms with van der Waals surface area (Å²) in [5, 5.41) is 13.8. The molecule has 0 saturated carbocycles. The summed E-state index contributed by atoms with van der Waals surface area (Å²) in [6.45, 7) is 4.80. The fourth-order valence-electron chi connectivity index (χ4n) is 4.00. The van der Waals surface area contributed by atoms with Crippen molar-refractivity contribution in [3.63, 3.8) is 0 Å². The zero-order chi connectivity index (χ0) is 21.8. The third kappa shape index (κ3) is 4.84. The van der Waals surface area contributed by atoms with E-state index in [-0.39, 0.29) is 11.7 Å². The standard InChI is InChI=1S/C25H26ClN3O2/c1-18-11-12-20(17-21(18)26)27-25(31)24(19-7-3-2-4-8-19)29-15-13-28(14-16-29)22-9-5-6-10-23(22)30/h2-12,17,24,30H,13-16H2,1H3,(H,27,31)/t24-/m0/s1. The highest BCUT2D eigenvalue weighted by Crippen LogP contribution is 2.30. The molecule has 1 aliphatic rings. The van der Waals surface area contributed by atoms with E-state index in [0.29, 0.717) is 23.8 Å². The number of phenolic OH excluding ortho intramolecular Hbond substituents is 1. The lowest BCUT2D eigenvalue weighted by Crippen LogP contribution is -2.50. The number of phenols is 1. The number of nitrogens with zero attached hydrogens (tertiary/aromatic N) is 2. The van der Waals surface area contributed by atoms with Crippen LogP contribution in [-0.4, -0.2) is 42.1 Å². The van der Waals surface area contributed by atoms with E-state index in [9.17, 15) is 9.90 Å². The number of benzene rings is 3. The Hall–Kier alpha value is -3.02. The first-order valence-electron chi connectivity index (χ1n) is 10.4. The number of nitrogens with one attached hydrogen (secondary N) is 1. The van der Waals surface area contributed by atoms with Gasteiger partial charge in [0, 0.05) is 36.9 Å². The molecule has 3 aromatic rings. The molecule has 1 aliphatic heterocycles. The van der Waals surface area contributed by atoms with Crippen molar-refractivity contribution in [1.82, 2.24) is 4.90 Å². The van der Waals surface area contributed by atoms with Gasteiger partial charge in [0.2, 0.25) is 5.91 Å². The predicted molar refractivity (Wildman–Crippen MR) is 126 cm³/mol. The molecule has 0 bridgehead atoms. The molecule has 1 fully saturated rings. The number of hydrogen-bond donors (Lipinski definition) is 2. The Balaban J connectivity index is 1.53. The van der Waals surface area contributed by atoms with E-state index in [1.54, 1.807) is 12.1 Å². The molecule has 6 heteroatoms. The number of aryl methyl sites for hydroxylation is 1. The summed E-state index contributed by atoms with van der Waals surface area (Å²) in [6, 6.07) is 22.4. The lowest BCUT2D eigenvalue weighted by molar-refractivity contribution is -0.121. The molecular weight excluding hydrogens is 410 g/mol. The van der Waals surface area contributed by atoms with Gasteiger partial charge in [0.25, 0.3) is 0 Å². The van der Waals surface area contributed by atoms with Crippen LogP contribution in [0.2, 0.25) is 5.02 Å². The fourth-order valence-corrected chi connectivity index (χ4v) is 4.18. The summed E-state index contributed by atoms with van der Waals surface area (Å²) >= 11 is 6.24. The molecule has 1 heterocycles. The van der Waals surface area contributed by atoms with Gasteiger partial charge in [-0.3, -0.25) is 9.69 Å². The molecule has 0 unspecified atom stereocenters. The molecule has 0 aromatic heterocycles. The van der Waals surface area contributed by atoms with Gasteiger partial charge in [0.1, 0.15) is 11.8 Å². The Morgan fingerprint density at radius 3 is 2.32 bits per heavy atom. The lowest BCUT2D eigenvalue weighted by atomic mass is 10.0. The number of para-hydroxylation sites is 2. The molecule has 4 rings (SSSR count). The maximum atomic E-state index is 13.4. The molecule has 31 heavy (non-hydrogen) atoms. The topological polar surface area (TPSA) is 55.8 Å². The van der Waals surface area contributed by atoms with Crippen LogP contribution >= 0.6 is 11.6 Å². The highest BCUT2D eigenvalue weighted by molar-refractivity contribution is 6.31. The smallest absolute Gasteiger partial charge is 0.246 e. The zero-order valence-electron chi connectivity index (χ0n) is 17.5. The monoisotopic (exact) mass is 435 g/mol. The second-order valence-electron chi connectivity index (χ2n) is 7.78. The van der Waals surface area contributed by atoms with Gasteiger partial charge < -0.3 is 15.3 Å². The molecule has 0 radical (unpaired) electrons. The van der Waals surface area contributed by atoms with Gasteiger partial charge in [-0.05, 0) is 42.3 Å². The van der Waals surface area contributed by atoms with Crippen LogP contribution in [0.1, 0.15) is 17.2 Å². The first-order valence-corrected chi connectivity index (χ1v) is 10.8. The van der Waals surface area contributed by atoms with Crippen molar-refractivity contribution < 1.29 is 9.90 Å². The average Bonchev–Trinajstić information content (AvgIpc) is 2.78. The molecule has 2 N–H and O–H groups in total. The number of halogens is 1. The summed E-state index contributed by atoms with van der Waals surface area (Å²) in [6.07, 6.45) is 0. The molecule has 1 amide bonds. The highest BCUT2D eigenvalue weighted by atomic mass is 35.5. The van der Waals surface area contributed by atoms with Crippen LogP contribution in [-0.2, 0) is 4.79 Å². The van der Waals surface area contributed by atoms with Gasteiger partial charge in [-0.1, -0.05) is 60.1 Å². The fraction of sp³-hybridized carbons (Fsp3) is 0.240. The van der Waals surface area contributed by atoms with Gasteiger partial charge in [-0.25, -0.2) is 0 Å². The van der Waals surface area contributed by atoms with Crippen LogP contribution in [0.4, 0.5) is 11.4 Å². The summed E-state index contributed by atoms with van der Waals surface area (Å²) in [4.78, 5) is 17.7. The van der Waals surface area contributed by atoms with Crippen LogP contribution in [0.3, 0.4) is 0 Å². The van der Waals surface area contributed by atoms with E-state index >= 15 is 0 Å². The number of piperazine rings is 1. The van der Waals surface area contributed by atoms with Crippen LogP contribution in [0.15, 0.2) is 72.8 Å². The van der Waals surface area contributed by atoms with Crippen LogP contribution in [0.5, 0.6) is 5.75 Å². The number of carbonyl (C=O) groups excluding carboxylic acids is 1. The number of carbonyl (C=O) groups is 1. The summed E-state index contributed by atoms with van der Waals surface area (Å²) in [7, 11) is 0. The first kappa shape index (κ1) is 21.2. The van der Waals surface area contributed by atoms with Crippen molar-refractivity contribution in [2.45, 2.75) is 13.0 Å². The van der Waals surface area contributed by atoms with Gasteiger partial charge in [-0.15, -0.1) is 0 Å². The third-order valence-electron chi connectivity index (χ3n) is 5.70. The van der Waals surface area contributed by atoms with Gasteiger partial charge in [-0.2, -0.15) is 0 Å². The third-order valence-corrected chi connectivity index (χ3v) is 6.11. The molecular formula is C25H26ClN3O2. The molecule has 160 valence electrons. The molecule has 3 aromatic carbocycles. The zero-order valence-corrected chi connectivity index (χ0v) is 18.2. The average molecular weight is 436 g/mol. The van der Waals surface area contributed by atoms with Crippen molar-refractivity contribution in [2.75, 3.05) is 36.4 Å². The van der Waals surface area contributed by atoms with Crippen molar-refractivity contribution in [3.05, 3.63) is 88.9 Å². The first-order chi connectivity index (χ1) is 15.0. The maximum Gasteiger partial charge on any atom is 0.246 e. The minimum Gasteiger partial charge on any atom is -0.506 e. The number of amides is 1. The van der Waals surface area contributed by atoms with E-state index in [1.165, 1.54) is 0 Å². The number of hydrogen-bond acceptors (Lipinski definition) is 4. The quantitative estimate of drug-likeness (QED) is 0.601. The second-order valence-corrected chi connectivity index (χ2v) is 8.19. The Bertz CT molecular complexity index is 1050. The van der Waals surface area contributed by atoms with Crippen LogP contribution < -0.4 is 10.2 Å². The van der Waals surface area contributed by atoms with Crippen molar-refractivity contribution in [3.8, 4) is 5.75 Å². The van der Waals surface area contributed by atoms with E-state index in [2.05, 4.69) is 15.1 Å². The van der Waals surface area contributed by atoms with Crippen molar-refractivity contribution >= 4 is 28.9 Å². The molecule has 5 nitrogen and oxygen atoms in total. The molecule has 1 saturated heterocycles. The second kappa shape index (κ2) is 9.41. The Morgan fingerprint density at radius 1 is 0.968 bits per heavy atom. The van der Waals surface area contributed by atoms with Crippen LogP contribution in [0, 0.1) is 6.92 Å². The Labute approximate surface area is 187 Å². The SMILES string of the molecule is Cc1ccc(NC(=O)[C@H](c2ccccc2)N2CCN(c3ccccc3O)CC2)cc1Cl. The molecule has 1 atom stereocenters. The number of anilines is 2. The summed E-state index contributed by atoms with van der Waals surface area (Å²) in [5.41, 5.74) is 3.44. The maximum absolute atomic E-state index is 13.4. The number of rotatable bonds is 5. The normalized spacial score (nSPS) is 15.5. The van der Waals surface area contributed by atoms with E-state index in [1.807, 2.05) is 67.6 Å². The van der Waals surface area contributed by atoms with Crippen molar-refractivity contribution in [1.29, 1.82) is 0 Å². The van der Waals surface area contributed by atoms with E-state index < -0.39 is 6.04 Å². The highest BCUT2D eigenvalue weighted by Gasteiger charge is 2.31. The minimum absolute atomic E-state index is 0.0814. The largest absolute Gasteiger partial charge is 0.506 e. The van der Waals surface area contributed by atoms with Crippen LogP contribution in [0.25, 0.3) is 0 Å². The predicted octanol–water partition coefficient (Wildman–Crippen LogP) is 4.86. The summed E-state index contributed by atoms with van der Waals surface area (Å²) in [5.74, 6) is 0.201.